The third-order valence-electron chi connectivity index (χ3n) is 2.45. The summed E-state index contributed by atoms with van der Waals surface area (Å²) in [5, 5.41) is 2.83. The molecule has 1 N–H and O–H groups in total. The maximum Gasteiger partial charge on any atom is 0.251 e. The van der Waals surface area contributed by atoms with E-state index in [9.17, 15) is 9.59 Å². The van der Waals surface area contributed by atoms with Crippen molar-refractivity contribution < 1.29 is 14.1 Å². The van der Waals surface area contributed by atoms with Crippen LogP contribution in [0.3, 0.4) is 0 Å². The minimum Gasteiger partial charge on any atom is -0.352 e. The lowest BCUT2D eigenvalue weighted by molar-refractivity contribution is -0.109. The van der Waals surface area contributed by atoms with E-state index in [-0.39, 0.29) is 11.0 Å². The third kappa shape index (κ3) is 7.82. The lowest BCUT2D eigenvalue weighted by Gasteiger charge is -2.08. The fraction of sp³-hybridized carbons (Fsp3) is 0.429. The number of carbonyl (C=O) groups is 2. The Balaban J connectivity index is 2.53. The Morgan fingerprint density at radius 1 is 1.38 bits per heavy atom. The first-order chi connectivity index (χ1) is 9.88. The molecular weight excluding hydrogens is 329 g/mol. The second-order valence-electron chi connectivity index (χ2n) is 4.49. The SMILES string of the molecule is CC(=O)Sc1cc(C)cc(C(=O)NCCCOP(C)Cl)c1. The van der Waals surface area contributed by atoms with Gasteiger partial charge in [0, 0.05) is 23.9 Å². The number of carbonyl (C=O) groups excluding carboxylic acids is 2. The number of thioether (sulfide) groups is 1. The van der Waals surface area contributed by atoms with E-state index in [2.05, 4.69) is 5.32 Å². The van der Waals surface area contributed by atoms with Gasteiger partial charge in [0.2, 0.25) is 0 Å². The first-order valence-electron chi connectivity index (χ1n) is 6.49. The van der Waals surface area contributed by atoms with Gasteiger partial charge in [-0.2, -0.15) is 0 Å². The number of nitrogens with one attached hydrogen (secondary N) is 1. The third-order valence-corrected chi connectivity index (χ3v) is 4.04. The molecule has 1 unspecified atom stereocenters. The average Bonchev–Trinajstić information content (AvgIpc) is 2.36. The molecule has 0 aliphatic heterocycles. The molecule has 0 aliphatic carbocycles. The Bertz CT molecular complexity index is 511. The van der Waals surface area contributed by atoms with Crippen LogP contribution in [0.5, 0.6) is 0 Å². The monoisotopic (exact) mass is 347 g/mol. The molecule has 7 heteroatoms. The van der Waals surface area contributed by atoms with E-state index in [0.29, 0.717) is 25.1 Å². The van der Waals surface area contributed by atoms with Crippen LogP contribution >= 0.6 is 30.5 Å². The summed E-state index contributed by atoms with van der Waals surface area (Å²) in [7, 11) is -0.869. The summed E-state index contributed by atoms with van der Waals surface area (Å²) in [6, 6.07) is 5.43. The van der Waals surface area contributed by atoms with Gasteiger partial charge in [0.05, 0.1) is 6.61 Å². The molecule has 21 heavy (non-hydrogen) atoms. The van der Waals surface area contributed by atoms with Crippen molar-refractivity contribution in [1.29, 1.82) is 0 Å². The van der Waals surface area contributed by atoms with Crippen molar-refractivity contribution in [3.63, 3.8) is 0 Å². The van der Waals surface area contributed by atoms with Crippen molar-refractivity contribution >= 4 is 41.5 Å². The molecule has 0 aliphatic rings. The first kappa shape index (κ1) is 18.4. The van der Waals surface area contributed by atoms with E-state index >= 15 is 0 Å². The van der Waals surface area contributed by atoms with Gasteiger partial charge >= 0.3 is 0 Å². The van der Waals surface area contributed by atoms with E-state index in [1.165, 1.54) is 6.92 Å². The van der Waals surface area contributed by atoms with Crippen LogP contribution in [-0.2, 0) is 9.32 Å². The predicted octanol–water partition coefficient (Wildman–Crippen LogP) is 3.95. The number of hydrogen-bond acceptors (Lipinski definition) is 4. The minimum atomic E-state index is -0.869. The van der Waals surface area contributed by atoms with E-state index < -0.39 is 7.50 Å². The molecule has 0 heterocycles. The fourth-order valence-electron chi connectivity index (χ4n) is 1.67. The molecule has 4 nitrogen and oxygen atoms in total. The van der Waals surface area contributed by atoms with Crippen LogP contribution < -0.4 is 5.32 Å². The molecule has 0 saturated heterocycles. The molecule has 0 bridgehead atoms. The molecule has 116 valence electrons. The Morgan fingerprint density at radius 3 is 2.71 bits per heavy atom. The van der Waals surface area contributed by atoms with E-state index in [0.717, 1.165) is 22.2 Å². The van der Waals surface area contributed by atoms with Crippen LogP contribution in [0, 0.1) is 6.92 Å². The van der Waals surface area contributed by atoms with Crippen LogP contribution in [0.2, 0.25) is 0 Å². The molecule has 1 atom stereocenters. The zero-order valence-corrected chi connectivity index (χ0v) is 14.8. The van der Waals surface area contributed by atoms with Crippen LogP contribution in [0.1, 0.15) is 29.3 Å². The summed E-state index contributed by atoms with van der Waals surface area (Å²) >= 11 is 6.84. The average molecular weight is 348 g/mol. The van der Waals surface area contributed by atoms with Crippen molar-refractivity contribution in [2.24, 2.45) is 0 Å². The summed E-state index contributed by atoms with van der Waals surface area (Å²) in [6.45, 7) is 6.29. The normalized spacial score (nSPS) is 12.0. The Hall–Kier alpha value is -0.610. The Kier molecular flexibility index (Phi) is 8.27. The highest BCUT2D eigenvalue weighted by Crippen LogP contribution is 2.37. The second-order valence-corrected chi connectivity index (χ2v) is 8.27. The van der Waals surface area contributed by atoms with Crippen molar-refractivity contribution in [2.75, 3.05) is 19.8 Å². The summed E-state index contributed by atoms with van der Waals surface area (Å²) in [5.41, 5.74) is 1.52. The molecule has 0 fully saturated rings. The molecule has 0 spiro atoms. The van der Waals surface area contributed by atoms with Crippen LogP contribution in [0.15, 0.2) is 23.1 Å². The highest BCUT2D eigenvalue weighted by atomic mass is 35.7. The zero-order valence-electron chi connectivity index (χ0n) is 12.3. The summed E-state index contributed by atoms with van der Waals surface area (Å²) in [6.07, 6.45) is 0.714. The zero-order chi connectivity index (χ0) is 15.8. The lowest BCUT2D eigenvalue weighted by atomic mass is 10.1. The van der Waals surface area contributed by atoms with Crippen molar-refractivity contribution in [2.45, 2.75) is 25.2 Å². The molecular formula is C14H19ClNO3PS. The smallest absolute Gasteiger partial charge is 0.251 e. The predicted molar refractivity (Wildman–Crippen MR) is 89.3 cm³/mol. The number of benzene rings is 1. The molecule has 1 amide bonds. The molecule has 0 radical (unpaired) electrons. The van der Waals surface area contributed by atoms with Gasteiger partial charge in [-0.1, -0.05) is 23.0 Å². The van der Waals surface area contributed by atoms with Gasteiger partial charge in [-0.05, 0) is 43.8 Å². The van der Waals surface area contributed by atoms with E-state index in [4.69, 9.17) is 15.8 Å². The van der Waals surface area contributed by atoms with Crippen molar-refractivity contribution in [1.82, 2.24) is 5.32 Å². The summed E-state index contributed by atoms with van der Waals surface area (Å²) in [5.74, 6) is -0.145. The highest BCUT2D eigenvalue weighted by molar-refractivity contribution is 8.13. The van der Waals surface area contributed by atoms with Gasteiger partial charge in [-0.3, -0.25) is 9.59 Å². The topological polar surface area (TPSA) is 55.4 Å². The van der Waals surface area contributed by atoms with Gasteiger partial charge in [0.25, 0.3) is 5.91 Å². The highest BCUT2D eigenvalue weighted by Gasteiger charge is 2.09. The standard InChI is InChI=1S/C14H19ClNO3PS/c1-10-7-12(9-13(8-10)21-11(2)17)14(18)16-5-4-6-19-20(3)15/h7-9H,4-6H2,1-3H3,(H,16,18). The Labute approximate surface area is 135 Å². The van der Waals surface area contributed by atoms with Gasteiger partial charge < -0.3 is 9.84 Å². The van der Waals surface area contributed by atoms with Crippen LogP contribution in [0.25, 0.3) is 0 Å². The number of halogens is 1. The van der Waals surface area contributed by atoms with Crippen molar-refractivity contribution in [3.05, 3.63) is 29.3 Å². The van der Waals surface area contributed by atoms with Crippen LogP contribution in [-0.4, -0.2) is 30.8 Å². The minimum absolute atomic E-state index is 0.00115. The fourth-order valence-corrected chi connectivity index (χ4v) is 3.02. The maximum absolute atomic E-state index is 12.1. The van der Waals surface area contributed by atoms with Crippen LogP contribution in [0.4, 0.5) is 0 Å². The second kappa shape index (κ2) is 9.42. The Morgan fingerprint density at radius 2 is 2.10 bits per heavy atom. The van der Waals surface area contributed by atoms with Gasteiger partial charge in [-0.15, -0.1) is 0 Å². The maximum atomic E-state index is 12.1. The van der Waals surface area contributed by atoms with Gasteiger partial charge in [0.15, 0.2) is 5.12 Å². The number of rotatable bonds is 7. The summed E-state index contributed by atoms with van der Waals surface area (Å²) in [4.78, 5) is 24.0. The molecule has 0 aromatic heterocycles. The lowest BCUT2D eigenvalue weighted by Crippen LogP contribution is -2.25. The quantitative estimate of drug-likeness (QED) is 0.461. The number of amides is 1. The number of aryl methyl sites for hydroxylation is 1. The molecule has 1 aromatic rings. The molecule has 0 saturated carbocycles. The van der Waals surface area contributed by atoms with E-state index in [1.807, 2.05) is 19.7 Å². The van der Waals surface area contributed by atoms with Crippen molar-refractivity contribution in [3.8, 4) is 0 Å². The number of hydrogen-bond donors (Lipinski definition) is 1. The van der Waals surface area contributed by atoms with Gasteiger partial charge in [0.1, 0.15) is 7.50 Å². The first-order valence-corrected chi connectivity index (χ1v) is 9.92. The molecule has 1 aromatic carbocycles. The van der Waals surface area contributed by atoms with E-state index in [1.54, 1.807) is 12.1 Å². The summed E-state index contributed by atoms with van der Waals surface area (Å²) < 4.78 is 5.25. The molecule has 1 rings (SSSR count). The largest absolute Gasteiger partial charge is 0.352 e. The van der Waals surface area contributed by atoms with Gasteiger partial charge in [-0.25, -0.2) is 0 Å².